The predicted molar refractivity (Wildman–Crippen MR) is 74.9 cm³/mol. The van der Waals surface area contributed by atoms with Crippen LogP contribution in [0.2, 0.25) is 5.02 Å². The Morgan fingerprint density at radius 1 is 0.944 bits per heavy atom. The Bertz CT molecular complexity index is 517. The smallest absolute Gasteiger partial charge is 0.124 e. The van der Waals surface area contributed by atoms with Crippen molar-refractivity contribution in [3.63, 3.8) is 0 Å². The molecule has 0 unspecified atom stereocenters. The molecule has 2 aromatic rings. The zero-order valence-electron chi connectivity index (χ0n) is 9.70. The molecule has 0 saturated carbocycles. The molecule has 0 saturated heterocycles. The third-order valence-corrected chi connectivity index (χ3v) is 3.07. The van der Waals surface area contributed by atoms with Crippen LogP contribution in [-0.4, -0.2) is 0 Å². The third-order valence-electron chi connectivity index (χ3n) is 2.57. The van der Waals surface area contributed by atoms with Crippen molar-refractivity contribution in [3.8, 4) is 5.75 Å². The molecular weight excluding hydrogens is 269 g/mol. The first-order valence-corrected chi connectivity index (χ1v) is 6.34. The van der Waals surface area contributed by atoms with E-state index in [0.29, 0.717) is 18.2 Å². The minimum absolute atomic E-state index is 0.443. The first-order chi connectivity index (χ1) is 8.81. The third kappa shape index (κ3) is 3.39. The van der Waals surface area contributed by atoms with E-state index in [1.807, 2.05) is 48.5 Å². The van der Waals surface area contributed by atoms with E-state index >= 15 is 0 Å². The van der Waals surface area contributed by atoms with Crippen molar-refractivity contribution < 1.29 is 4.74 Å². The van der Waals surface area contributed by atoms with Gasteiger partial charge in [0.25, 0.3) is 0 Å². The van der Waals surface area contributed by atoms with E-state index in [2.05, 4.69) is 4.84 Å². The van der Waals surface area contributed by atoms with Gasteiger partial charge < -0.3 is 4.74 Å². The molecule has 0 aromatic heterocycles. The van der Waals surface area contributed by atoms with Gasteiger partial charge in [-0.2, -0.15) is 0 Å². The first kappa shape index (κ1) is 13.2. The Morgan fingerprint density at radius 2 is 1.61 bits per heavy atom. The molecule has 0 amide bonds. The van der Waals surface area contributed by atoms with E-state index in [4.69, 9.17) is 28.1 Å². The van der Waals surface area contributed by atoms with Crippen LogP contribution in [0.1, 0.15) is 11.1 Å². The second kappa shape index (κ2) is 6.64. The van der Waals surface area contributed by atoms with Crippen molar-refractivity contribution in [1.82, 2.24) is 4.84 Å². The molecule has 94 valence electrons. The Kier molecular flexibility index (Phi) is 4.88. The lowest BCUT2D eigenvalue weighted by Crippen LogP contribution is -2.03. The van der Waals surface area contributed by atoms with Crippen LogP contribution in [0.4, 0.5) is 0 Å². The lowest BCUT2D eigenvalue weighted by Gasteiger charge is -2.11. The molecule has 2 rings (SSSR count). The number of nitrogens with one attached hydrogen (secondary N) is 1. The Morgan fingerprint density at radius 3 is 2.33 bits per heavy atom. The molecule has 0 spiro atoms. The minimum atomic E-state index is 0.443. The van der Waals surface area contributed by atoms with Crippen LogP contribution in [-0.2, 0) is 13.2 Å². The van der Waals surface area contributed by atoms with Gasteiger partial charge in [0.1, 0.15) is 12.4 Å². The molecule has 18 heavy (non-hydrogen) atoms. The summed E-state index contributed by atoms with van der Waals surface area (Å²) in [5.74, 6) is 0.811. The molecule has 0 aliphatic heterocycles. The van der Waals surface area contributed by atoms with Crippen molar-refractivity contribution in [2.45, 2.75) is 13.2 Å². The maximum Gasteiger partial charge on any atom is 0.124 e. The van der Waals surface area contributed by atoms with Crippen molar-refractivity contribution in [3.05, 3.63) is 64.7 Å². The van der Waals surface area contributed by atoms with Crippen LogP contribution in [0.25, 0.3) is 0 Å². The first-order valence-electron chi connectivity index (χ1n) is 5.59. The molecule has 0 heterocycles. The highest BCUT2D eigenvalue weighted by Gasteiger charge is 2.04. The normalized spacial score (nSPS) is 10.3. The maximum absolute atomic E-state index is 6.08. The summed E-state index contributed by atoms with van der Waals surface area (Å²) in [6, 6.07) is 15.4. The summed E-state index contributed by atoms with van der Waals surface area (Å²) >= 11 is 11.6. The zero-order valence-corrected chi connectivity index (χ0v) is 11.2. The molecule has 4 heteroatoms. The Labute approximate surface area is 117 Å². The van der Waals surface area contributed by atoms with Gasteiger partial charge in [-0.3, -0.25) is 0 Å². The monoisotopic (exact) mass is 281 g/mol. The number of ether oxygens (including phenoxy) is 1. The molecule has 0 bridgehead atoms. The highest BCUT2D eigenvalue weighted by atomic mass is 35.5. The van der Waals surface area contributed by atoms with E-state index in [1.54, 1.807) is 0 Å². The van der Waals surface area contributed by atoms with Gasteiger partial charge in [0, 0.05) is 22.7 Å². The van der Waals surface area contributed by atoms with Crippen molar-refractivity contribution in [2.24, 2.45) is 0 Å². The van der Waals surface area contributed by atoms with Gasteiger partial charge in [0.15, 0.2) is 0 Å². The lowest BCUT2D eigenvalue weighted by atomic mass is 10.2. The molecule has 2 aromatic carbocycles. The molecule has 0 aliphatic carbocycles. The minimum Gasteiger partial charge on any atom is -0.489 e. The van der Waals surface area contributed by atoms with Gasteiger partial charge in [0.05, 0.1) is 0 Å². The van der Waals surface area contributed by atoms with E-state index < -0.39 is 0 Å². The van der Waals surface area contributed by atoms with Gasteiger partial charge in [-0.25, -0.2) is 4.84 Å². The van der Waals surface area contributed by atoms with Gasteiger partial charge in [-0.15, -0.1) is 0 Å². The molecule has 0 atom stereocenters. The van der Waals surface area contributed by atoms with E-state index in [9.17, 15) is 0 Å². The molecule has 1 N–H and O–H groups in total. The Hall–Kier alpha value is -1.22. The zero-order chi connectivity index (χ0) is 12.8. The number of hydrogen-bond acceptors (Lipinski definition) is 2. The lowest BCUT2D eigenvalue weighted by molar-refractivity contribution is 0.303. The largest absolute Gasteiger partial charge is 0.489 e. The van der Waals surface area contributed by atoms with Crippen molar-refractivity contribution >= 4 is 23.4 Å². The predicted octanol–water partition coefficient (Wildman–Crippen LogP) is 4.16. The second-order valence-corrected chi connectivity index (χ2v) is 4.47. The number of para-hydroxylation sites is 1. The molecule has 0 fully saturated rings. The van der Waals surface area contributed by atoms with Crippen LogP contribution < -0.4 is 9.57 Å². The van der Waals surface area contributed by atoms with Gasteiger partial charge >= 0.3 is 0 Å². The quantitative estimate of drug-likeness (QED) is 0.831. The van der Waals surface area contributed by atoms with Gasteiger partial charge in [-0.1, -0.05) is 48.0 Å². The van der Waals surface area contributed by atoms with Crippen molar-refractivity contribution in [1.29, 1.82) is 0 Å². The number of hydrogen-bond donors (Lipinski definition) is 1. The molecule has 2 nitrogen and oxygen atoms in total. The van der Waals surface area contributed by atoms with Crippen molar-refractivity contribution in [2.75, 3.05) is 0 Å². The number of halogens is 2. The van der Waals surface area contributed by atoms with E-state index in [-0.39, 0.29) is 0 Å². The maximum atomic E-state index is 6.08. The summed E-state index contributed by atoms with van der Waals surface area (Å²) in [4.78, 5) is 2.60. The van der Waals surface area contributed by atoms with E-state index in [0.717, 1.165) is 16.9 Å². The summed E-state index contributed by atoms with van der Waals surface area (Å²) in [5, 5.41) is 0.713. The summed E-state index contributed by atoms with van der Waals surface area (Å²) in [6.07, 6.45) is 0. The fraction of sp³-hybridized carbons (Fsp3) is 0.143. The highest BCUT2D eigenvalue weighted by Crippen LogP contribution is 2.21. The molecular formula is C14H13Cl2NO. The SMILES string of the molecule is ClNCc1ccccc1OCc1ccccc1Cl. The topological polar surface area (TPSA) is 21.3 Å². The standard InChI is InChI=1S/C14H13Cl2NO/c15-13-7-3-1-6-12(13)10-18-14-8-4-2-5-11(14)9-17-16/h1-8,17H,9-10H2. The summed E-state index contributed by atoms with van der Waals surface area (Å²) in [6.45, 7) is 0.999. The molecule has 0 radical (unpaired) electrons. The van der Waals surface area contributed by atoms with Crippen LogP contribution >= 0.6 is 23.4 Å². The van der Waals surface area contributed by atoms with Crippen LogP contribution in [0.5, 0.6) is 5.75 Å². The van der Waals surface area contributed by atoms with Gasteiger partial charge in [-0.05, 0) is 23.9 Å². The number of benzene rings is 2. The van der Waals surface area contributed by atoms with Crippen LogP contribution in [0, 0.1) is 0 Å². The Balaban J connectivity index is 2.08. The van der Waals surface area contributed by atoms with Crippen LogP contribution in [0.15, 0.2) is 48.5 Å². The molecule has 0 aliphatic rings. The fourth-order valence-electron chi connectivity index (χ4n) is 1.63. The number of rotatable bonds is 5. The summed E-state index contributed by atoms with van der Waals surface area (Å²) < 4.78 is 5.77. The fourth-order valence-corrected chi connectivity index (χ4v) is 1.97. The van der Waals surface area contributed by atoms with E-state index in [1.165, 1.54) is 0 Å². The average Bonchev–Trinajstić information content (AvgIpc) is 2.40. The highest BCUT2D eigenvalue weighted by molar-refractivity contribution is 6.31. The summed E-state index contributed by atoms with van der Waals surface area (Å²) in [5.41, 5.74) is 1.98. The average molecular weight is 282 g/mol. The summed E-state index contributed by atoms with van der Waals surface area (Å²) in [7, 11) is 0. The van der Waals surface area contributed by atoms with Gasteiger partial charge in [0.2, 0.25) is 0 Å². The second-order valence-electron chi connectivity index (χ2n) is 3.80. The van der Waals surface area contributed by atoms with Crippen LogP contribution in [0.3, 0.4) is 0 Å².